The molecule has 1 aromatic rings. The van der Waals surface area contributed by atoms with Crippen molar-refractivity contribution in [1.82, 2.24) is 0 Å². The first kappa shape index (κ1) is 12.3. The van der Waals surface area contributed by atoms with Crippen LogP contribution in [0.4, 0.5) is 10.1 Å². The van der Waals surface area contributed by atoms with Crippen molar-refractivity contribution in [3.8, 4) is 0 Å². The van der Waals surface area contributed by atoms with Gasteiger partial charge >= 0.3 is 5.69 Å². The summed E-state index contributed by atoms with van der Waals surface area (Å²) in [6, 6.07) is 1.80. The maximum atomic E-state index is 13.0. The van der Waals surface area contributed by atoms with Crippen LogP contribution >= 0.6 is 26.6 Å². The summed E-state index contributed by atoms with van der Waals surface area (Å²) in [6.45, 7) is 0. The van der Waals surface area contributed by atoms with Crippen LogP contribution in [0.25, 0.3) is 0 Å². The Morgan fingerprint density at radius 2 is 2.00 bits per heavy atom. The maximum absolute atomic E-state index is 13.0. The molecular weight excluding hydrogens is 316 g/mol. The van der Waals surface area contributed by atoms with E-state index in [0.29, 0.717) is 0 Å². The Kier molecular flexibility index (Phi) is 3.31. The number of rotatable bonds is 2. The number of hydrogen-bond acceptors (Lipinski definition) is 4. The van der Waals surface area contributed by atoms with Gasteiger partial charge in [-0.15, -0.1) is 0 Å². The van der Waals surface area contributed by atoms with E-state index in [1.165, 1.54) is 0 Å². The minimum atomic E-state index is -4.39. The van der Waals surface area contributed by atoms with Crippen LogP contribution in [0.2, 0.25) is 0 Å². The minimum Gasteiger partial charge on any atom is -0.258 e. The Bertz CT molecular complexity index is 532. The lowest BCUT2D eigenvalue weighted by Crippen LogP contribution is -2.02. The first-order valence-electron chi connectivity index (χ1n) is 3.32. The highest BCUT2D eigenvalue weighted by Crippen LogP contribution is 2.35. The van der Waals surface area contributed by atoms with Crippen LogP contribution in [0, 0.1) is 15.9 Å². The van der Waals surface area contributed by atoms with Crippen LogP contribution in [0.5, 0.6) is 0 Å². The molecule has 0 heterocycles. The summed E-state index contributed by atoms with van der Waals surface area (Å²) in [6.07, 6.45) is 0. The van der Waals surface area contributed by atoms with Crippen LogP contribution in [0.1, 0.15) is 0 Å². The highest BCUT2D eigenvalue weighted by molar-refractivity contribution is 9.10. The van der Waals surface area contributed by atoms with E-state index in [4.69, 9.17) is 10.7 Å². The topological polar surface area (TPSA) is 77.3 Å². The number of benzene rings is 1. The smallest absolute Gasteiger partial charge is 0.258 e. The Morgan fingerprint density at radius 1 is 1.47 bits per heavy atom. The second-order valence-electron chi connectivity index (χ2n) is 2.40. The second-order valence-corrected chi connectivity index (χ2v) is 5.76. The van der Waals surface area contributed by atoms with Gasteiger partial charge in [0.25, 0.3) is 9.05 Å². The van der Waals surface area contributed by atoms with E-state index in [1.54, 1.807) is 0 Å². The molecule has 0 amide bonds. The van der Waals surface area contributed by atoms with Gasteiger partial charge in [0.2, 0.25) is 5.82 Å². The molecule has 0 aliphatic rings. The van der Waals surface area contributed by atoms with E-state index in [0.717, 1.165) is 12.1 Å². The minimum absolute atomic E-state index is 0.161. The van der Waals surface area contributed by atoms with Crippen molar-refractivity contribution in [3.05, 3.63) is 32.5 Å². The van der Waals surface area contributed by atoms with Gasteiger partial charge in [-0.05, 0) is 28.1 Å². The van der Waals surface area contributed by atoms with E-state index < -0.39 is 30.4 Å². The molecule has 0 atom stereocenters. The molecule has 0 spiro atoms. The molecule has 0 radical (unpaired) electrons. The van der Waals surface area contributed by atoms with Crippen molar-refractivity contribution in [2.75, 3.05) is 0 Å². The first-order valence-corrected chi connectivity index (χ1v) is 6.42. The van der Waals surface area contributed by atoms with E-state index in [1.807, 2.05) is 0 Å². The van der Waals surface area contributed by atoms with Gasteiger partial charge in [-0.25, -0.2) is 8.42 Å². The molecule has 0 aliphatic carbocycles. The number of nitrogens with zero attached hydrogens (tertiary/aromatic N) is 1. The molecule has 0 unspecified atom stereocenters. The second kappa shape index (κ2) is 4.03. The molecule has 0 fully saturated rings. The maximum Gasteiger partial charge on any atom is 0.325 e. The third-order valence-corrected chi connectivity index (χ3v) is 3.75. The fourth-order valence-electron chi connectivity index (χ4n) is 0.925. The fourth-order valence-corrected chi connectivity index (χ4v) is 3.34. The van der Waals surface area contributed by atoms with Crippen molar-refractivity contribution in [2.45, 2.75) is 4.90 Å². The van der Waals surface area contributed by atoms with E-state index >= 15 is 0 Å². The summed E-state index contributed by atoms with van der Waals surface area (Å²) in [5, 5.41) is 10.5. The SMILES string of the molecule is O=[N+]([O-])c1c(F)ccc(Br)c1S(=O)(=O)Cl. The lowest BCUT2D eigenvalue weighted by molar-refractivity contribution is -0.390. The third-order valence-electron chi connectivity index (χ3n) is 1.46. The average Bonchev–Trinajstić information content (AvgIpc) is 2.05. The molecule has 0 saturated heterocycles. The van der Waals surface area contributed by atoms with Crippen molar-refractivity contribution >= 4 is 41.4 Å². The standard InChI is InChI=1S/C6H2BrClFNO4S/c7-3-1-2-4(9)5(10(11)12)6(3)15(8,13)14/h1-2H. The highest BCUT2D eigenvalue weighted by atomic mass is 79.9. The monoisotopic (exact) mass is 317 g/mol. The third kappa shape index (κ3) is 2.44. The molecule has 0 aromatic heterocycles. The predicted octanol–water partition coefficient (Wildman–Crippen LogP) is 2.42. The molecule has 5 nitrogen and oxygen atoms in total. The van der Waals surface area contributed by atoms with Gasteiger partial charge in [0.15, 0.2) is 4.90 Å². The first-order chi connectivity index (χ1) is 6.75. The molecule has 9 heteroatoms. The largest absolute Gasteiger partial charge is 0.325 e. The number of hydrogen-bond donors (Lipinski definition) is 0. The average molecular weight is 319 g/mol. The summed E-state index contributed by atoms with van der Waals surface area (Å²) in [4.78, 5) is 8.44. The fraction of sp³-hybridized carbons (Fsp3) is 0. The predicted molar refractivity (Wildman–Crippen MR) is 53.8 cm³/mol. The van der Waals surface area contributed by atoms with Gasteiger partial charge in [0.05, 0.1) is 4.92 Å². The van der Waals surface area contributed by atoms with E-state index in [2.05, 4.69) is 15.9 Å². The number of nitro benzene ring substituents is 1. The molecule has 0 saturated carbocycles. The summed E-state index contributed by atoms with van der Waals surface area (Å²) in [7, 11) is 0.568. The molecule has 0 aliphatic heterocycles. The summed E-state index contributed by atoms with van der Waals surface area (Å²) < 4.78 is 34.9. The highest BCUT2D eigenvalue weighted by Gasteiger charge is 2.31. The van der Waals surface area contributed by atoms with Gasteiger partial charge in [0.1, 0.15) is 0 Å². The summed E-state index contributed by atoms with van der Waals surface area (Å²) in [5.74, 6) is -1.26. The van der Waals surface area contributed by atoms with Crippen LogP contribution in [0.3, 0.4) is 0 Å². The zero-order valence-electron chi connectivity index (χ0n) is 6.78. The summed E-state index contributed by atoms with van der Waals surface area (Å²) in [5.41, 5.74) is -1.17. The molecule has 0 bridgehead atoms. The quantitative estimate of drug-likeness (QED) is 0.476. The molecule has 82 valence electrons. The van der Waals surface area contributed by atoms with Gasteiger partial charge < -0.3 is 0 Å². The van der Waals surface area contributed by atoms with Crippen LogP contribution in [0.15, 0.2) is 21.5 Å². The van der Waals surface area contributed by atoms with Crippen molar-refractivity contribution in [2.24, 2.45) is 0 Å². The number of halogens is 3. The zero-order valence-corrected chi connectivity index (χ0v) is 9.94. The van der Waals surface area contributed by atoms with Crippen molar-refractivity contribution < 1.29 is 17.7 Å². The van der Waals surface area contributed by atoms with Crippen LogP contribution in [-0.4, -0.2) is 13.3 Å². The molecule has 1 rings (SSSR count). The molecule has 15 heavy (non-hydrogen) atoms. The lowest BCUT2D eigenvalue weighted by atomic mass is 10.3. The van der Waals surface area contributed by atoms with Crippen molar-refractivity contribution in [1.29, 1.82) is 0 Å². The van der Waals surface area contributed by atoms with Gasteiger partial charge in [-0.2, -0.15) is 4.39 Å². The lowest BCUT2D eigenvalue weighted by Gasteiger charge is -2.02. The molecule has 0 N–H and O–H groups in total. The van der Waals surface area contributed by atoms with Gasteiger partial charge in [0, 0.05) is 15.2 Å². The van der Waals surface area contributed by atoms with Crippen LogP contribution < -0.4 is 0 Å². The van der Waals surface area contributed by atoms with Gasteiger partial charge in [-0.1, -0.05) is 0 Å². The molecule has 1 aromatic carbocycles. The normalized spacial score (nSPS) is 11.4. The number of nitro groups is 1. The Labute approximate surface area is 96.5 Å². The van der Waals surface area contributed by atoms with Gasteiger partial charge in [-0.3, -0.25) is 10.1 Å². The Morgan fingerprint density at radius 3 is 2.33 bits per heavy atom. The Hall–Kier alpha value is -0.730. The zero-order chi connectivity index (χ0) is 11.8. The van der Waals surface area contributed by atoms with Crippen LogP contribution in [-0.2, 0) is 9.05 Å². The van der Waals surface area contributed by atoms with E-state index in [9.17, 15) is 22.9 Å². The Balaban J connectivity index is 3.76. The van der Waals surface area contributed by atoms with Crippen molar-refractivity contribution in [3.63, 3.8) is 0 Å². The summed E-state index contributed by atoms with van der Waals surface area (Å²) >= 11 is 2.75. The van der Waals surface area contributed by atoms with E-state index in [-0.39, 0.29) is 4.47 Å². The molecular formula is C6H2BrClFNO4S.